The molecule has 1 aromatic carbocycles. The molecule has 3 heteroatoms. The van der Waals surface area contributed by atoms with Crippen molar-refractivity contribution in [1.29, 1.82) is 0 Å². The second-order valence-corrected chi connectivity index (χ2v) is 5.17. The second-order valence-electron chi connectivity index (χ2n) is 2.69. The lowest BCUT2D eigenvalue weighted by Crippen LogP contribution is -1.79. The Kier molecular flexibility index (Phi) is 2.35. The molecule has 0 nitrogen and oxygen atoms in total. The summed E-state index contributed by atoms with van der Waals surface area (Å²) in [6.45, 7) is 2.13. The van der Waals surface area contributed by atoms with Crippen molar-refractivity contribution in [2.45, 2.75) is 11.8 Å². The van der Waals surface area contributed by atoms with E-state index in [1.165, 1.54) is 19.2 Å². The Morgan fingerprint density at radius 3 is 3.00 bits per heavy atom. The van der Waals surface area contributed by atoms with Crippen molar-refractivity contribution in [3.05, 3.63) is 26.6 Å². The maximum absolute atomic E-state index is 4.42. The summed E-state index contributed by atoms with van der Waals surface area (Å²) < 4.78 is 2.65. The highest BCUT2D eigenvalue weighted by Crippen LogP contribution is 2.32. The van der Waals surface area contributed by atoms with Crippen LogP contribution in [0.25, 0.3) is 10.1 Å². The maximum Gasteiger partial charge on any atom is 0.0383 e. The van der Waals surface area contributed by atoms with Crippen LogP contribution >= 0.6 is 46.6 Å². The highest BCUT2D eigenvalue weighted by molar-refractivity contribution is 14.1. The van der Waals surface area contributed by atoms with Crippen LogP contribution in [0.1, 0.15) is 5.56 Å². The lowest BCUT2D eigenvalue weighted by molar-refractivity contribution is 1.40. The van der Waals surface area contributed by atoms with Crippen LogP contribution in [0.4, 0.5) is 0 Å². The minimum atomic E-state index is 1.08. The predicted octanol–water partition coefficient (Wildman–Crippen LogP) is 4.10. The third-order valence-electron chi connectivity index (χ3n) is 1.84. The van der Waals surface area contributed by atoms with Gasteiger partial charge in [-0.2, -0.15) is 0 Å². The van der Waals surface area contributed by atoms with Crippen LogP contribution in [-0.2, 0) is 0 Å². The summed E-state index contributed by atoms with van der Waals surface area (Å²) in [5, 5.41) is 3.47. The van der Waals surface area contributed by atoms with Crippen molar-refractivity contribution >= 4 is 56.6 Å². The van der Waals surface area contributed by atoms with E-state index in [1.807, 2.05) is 0 Å². The van der Waals surface area contributed by atoms with E-state index < -0.39 is 0 Å². The van der Waals surface area contributed by atoms with E-state index >= 15 is 0 Å². The fourth-order valence-electron chi connectivity index (χ4n) is 1.26. The first-order chi connectivity index (χ1) is 5.70. The molecule has 2 aromatic rings. The maximum atomic E-state index is 4.42. The molecule has 0 aliphatic carbocycles. The van der Waals surface area contributed by atoms with E-state index in [4.69, 9.17) is 0 Å². The first kappa shape index (κ1) is 8.84. The van der Waals surface area contributed by atoms with E-state index in [0.717, 1.165) is 4.90 Å². The van der Waals surface area contributed by atoms with Crippen molar-refractivity contribution in [1.82, 2.24) is 0 Å². The number of thiophene rings is 1. The second kappa shape index (κ2) is 3.20. The molecular formula is C9H7IS2. The predicted molar refractivity (Wildman–Crippen MR) is 66.5 cm³/mol. The average molecular weight is 306 g/mol. The lowest BCUT2D eigenvalue weighted by Gasteiger charge is -2.01. The van der Waals surface area contributed by atoms with Gasteiger partial charge >= 0.3 is 0 Å². The van der Waals surface area contributed by atoms with Crippen LogP contribution in [0.2, 0.25) is 0 Å². The Hall–Kier alpha value is 0.260. The number of benzene rings is 1. The third-order valence-corrected chi connectivity index (χ3v) is 4.83. The number of aryl methyl sites for hydroxylation is 1. The SMILES string of the molecule is Cc1cc(S)c(I)c2ccsc12. The quantitative estimate of drug-likeness (QED) is 0.550. The van der Waals surface area contributed by atoms with Gasteiger partial charge in [-0.3, -0.25) is 0 Å². The molecule has 0 aliphatic heterocycles. The van der Waals surface area contributed by atoms with Gasteiger partial charge in [-0.25, -0.2) is 0 Å². The molecule has 2 rings (SSSR count). The highest BCUT2D eigenvalue weighted by atomic mass is 127. The molecule has 62 valence electrons. The average Bonchev–Trinajstić information content (AvgIpc) is 2.48. The van der Waals surface area contributed by atoms with Crippen LogP contribution in [0.5, 0.6) is 0 Å². The molecule has 12 heavy (non-hydrogen) atoms. The third kappa shape index (κ3) is 1.28. The molecule has 0 saturated carbocycles. The molecule has 0 radical (unpaired) electrons. The summed E-state index contributed by atoms with van der Waals surface area (Å²) in [6, 6.07) is 4.29. The number of thiol groups is 1. The molecule has 0 bridgehead atoms. The fraction of sp³-hybridized carbons (Fsp3) is 0.111. The largest absolute Gasteiger partial charge is 0.144 e. The van der Waals surface area contributed by atoms with E-state index in [2.05, 4.69) is 59.7 Å². The van der Waals surface area contributed by atoms with Gasteiger partial charge in [0.1, 0.15) is 0 Å². The molecule has 0 fully saturated rings. The van der Waals surface area contributed by atoms with Gasteiger partial charge in [-0.1, -0.05) is 0 Å². The zero-order valence-electron chi connectivity index (χ0n) is 6.47. The van der Waals surface area contributed by atoms with Gasteiger partial charge in [-0.15, -0.1) is 24.0 Å². The number of hydrogen-bond acceptors (Lipinski definition) is 2. The standard InChI is InChI=1S/C9H7IS2/c1-5-4-7(11)8(10)6-2-3-12-9(5)6/h2-4,11H,1H3. The molecule has 1 heterocycles. The van der Waals surface area contributed by atoms with Gasteiger partial charge in [-0.05, 0) is 52.6 Å². The first-order valence-corrected chi connectivity index (χ1v) is 5.96. The molecule has 0 saturated heterocycles. The highest BCUT2D eigenvalue weighted by Gasteiger charge is 2.05. The Morgan fingerprint density at radius 1 is 1.50 bits per heavy atom. The van der Waals surface area contributed by atoms with Gasteiger partial charge < -0.3 is 0 Å². The van der Waals surface area contributed by atoms with E-state index in [1.54, 1.807) is 11.3 Å². The van der Waals surface area contributed by atoms with E-state index in [0.29, 0.717) is 0 Å². The summed E-state index contributed by atoms with van der Waals surface area (Å²) in [5.74, 6) is 0. The molecule has 0 atom stereocenters. The lowest BCUT2D eigenvalue weighted by atomic mass is 10.2. The number of rotatable bonds is 0. The number of halogens is 1. The van der Waals surface area contributed by atoms with E-state index in [-0.39, 0.29) is 0 Å². The monoisotopic (exact) mass is 306 g/mol. The summed E-state index contributed by atoms with van der Waals surface area (Å²) in [7, 11) is 0. The Morgan fingerprint density at radius 2 is 2.25 bits per heavy atom. The summed E-state index contributed by atoms with van der Waals surface area (Å²) in [5.41, 5.74) is 1.32. The molecular weight excluding hydrogens is 299 g/mol. The van der Waals surface area contributed by atoms with Gasteiger partial charge in [0.2, 0.25) is 0 Å². The van der Waals surface area contributed by atoms with Crippen molar-refractivity contribution in [3.63, 3.8) is 0 Å². The molecule has 0 aliphatic rings. The minimum Gasteiger partial charge on any atom is -0.144 e. The fourth-order valence-corrected chi connectivity index (χ4v) is 3.24. The zero-order valence-corrected chi connectivity index (χ0v) is 10.3. The van der Waals surface area contributed by atoms with Crippen LogP contribution in [0.15, 0.2) is 22.4 Å². The van der Waals surface area contributed by atoms with Crippen molar-refractivity contribution in [3.8, 4) is 0 Å². The zero-order chi connectivity index (χ0) is 8.72. The van der Waals surface area contributed by atoms with Crippen LogP contribution in [0, 0.1) is 10.5 Å². The van der Waals surface area contributed by atoms with Gasteiger partial charge in [0.15, 0.2) is 0 Å². The summed E-state index contributed by atoms with van der Waals surface area (Å²) in [4.78, 5) is 1.08. The first-order valence-electron chi connectivity index (χ1n) is 3.55. The normalized spacial score (nSPS) is 10.9. The molecule has 0 N–H and O–H groups in total. The van der Waals surface area contributed by atoms with Crippen LogP contribution < -0.4 is 0 Å². The molecule has 1 aromatic heterocycles. The van der Waals surface area contributed by atoms with Crippen molar-refractivity contribution < 1.29 is 0 Å². The van der Waals surface area contributed by atoms with Gasteiger partial charge in [0.05, 0.1) is 0 Å². The summed E-state index contributed by atoms with van der Waals surface area (Å²) in [6.07, 6.45) is 0. The molecule has 0 unspecified atom stereocenters. The molecule has 0 spiro atoms. The van der Waals surface area contributed by atoms with Crippen molar-refractivity contribution in [2.24, 2.45) is 0 Å². The van der Waals surface area contributed by atoms with Crippen LogP contribution in [0.3, 0.4) is 0 Å². The molecule has 0 amide bonds. The Labute approximate surface area is 94.5 Å². The van der Waals surface area contributed by atoms with Gasteiger partial charge in [0, 0.05) is 18.6 Å². The Bertz CT molecular complexity index is 431. The smallest absolute Gasteiger partial charge is 0.0383 e. The van der Waals surface area contributed by atoms with Crippen molar-refractivity contribution in [2.75, 3.05) is 0 Å². The minimum absolute atomic E-state index is 1.08. The van der Waals surface area contributed by atoms with Crippen LogP contribution in [-0.4, -0.2) is 0 Å². The summed E-state index contributed by atoms with van der Waals surface area (Å²) >= 11 is 8.56. The van der Waals surface area contributed by atoms with E-state index in [9.17, 15) is 0 Å². The topological polar surface area (TPSA) is 0 Å². The van der Waals surface area contributed by atoms with Gasteiger partial charge in [0.25, 0.3) is 0 Å². The number of fused-ring (bicyclic) bond motifs is 1. The Balaban J connectivity index is 2.97. The number of hydrogen-bond donors (Lipinski definition) is 1.